The number of rotatable bonds is 8. The Balaban J connectivity index is 1.36. The van der Waals surface area contributed by atoms with E-state index in [9.17, 15) is 36.2 Å². The van der Waals surface area contributed by atoms with Crippen LogP contribution in [0, 0.1) is 12.8 Å². The normalized spacial score (nSPS) is 17.1. The number of benzene rings is 1. The number of carboxylic acids is 1. The lowest BCUT2D eigenvalue weighted by molar-refractivity contribution is -0.142. The van der Waals surface area contributed by atoms with Crippen molar-refractivity contribution in [3.63, 3.8) is 0 Å². The van der Waals surface area contributed by atoms with E-state index < -0.39 is 53.0 Å². The highest BCUT2D eigenvalue weighted by atomic mass is 19.4. The molecule has 1 aliphatic heterocycles. The average Bonchev–Trinajstić information content (AvgIpc) is 3.60. The van der Waals surface area contributed by atoms with Gasteiger partial charge in [-0.15, -0.1) is 0 Å². The highest BCUT2D eigenvalue weighted by Crippen LogP contribution is 2.39. The third-order valence-corrected chi connectivity index (χ3v) is 7.23. The fraction of sp³-hybridized carbons (Fsp3) is 0.393. The fourth-order valence-electron chi connectivity index (χ4n) is 5.26. The molecule has 1 aliphatic rings. The van der Waals surface area contributed by atoms with E-state index in [1.165, 1.54) is 6.92 Å². The molecule has 0 amide bonds. The van der Waals surface area contributed by atoms with Crippen molar-refractivity contribution in [2.24, 2.45) is 5.92 Å². The maximum Gasteiger partial charge on any atom is 0.434 e. The molecule has 2 atom stereocenters. The molecule has 0 radical (unpaired) electrons. The van der Waals surface area contributed by atoms with Gasteiger partial charge in [0.05, 0.1) is 23.4 Å². The number of carboxylic acid groups (broad SMARTS) is 1. The summed E-state index contributed by atoms with van der Waals surface area (Å²) in [5, 5.41) is 27.2. The molecular weight excluding hydrogens is 598 g/mol. The quantitative estimate of drug-likeness (QED) is 0.242. The van der Waals surface area contributed by atoms with Crippen molar-refractivity contribution in [2.45, 2.75) is 44.6 Å². The molecule has 1 fully saturated rings. The zero-order valence-electron chi connectivity index (χ0n) is 23.1. The molecule has 0 aliphatic carbocycles. The second-order valence-corrected chi connectivity index (χ2v) is 10.6. The number of aromatic nitrogens is 5. The number of hydrogen-bond acceptors (Lipinski definition) is 8. The summed E-state index contributed by atoms with van der Waals surface area (Å²) in [4.78, 5) is 20.9. The van der Waals surface area contributed by atoms with Crippen LogP contribution in [0.5, 0.6) is 0 Å². The van der Waals surface area contributed by atoms with Crippen molar-refractivity contribution in [1.82, 2.24) is 29.8 Å². The van der Waals surface area contributed by atoms with Crippen molar-refractivity contribution in [3.05, 3.63) is 65.1 Å². The van der Waals surface area contributed by atoms with Crippen molar-refractivity contribution < 1.29 is 45.9 Å². The van der Waals surface area contributed by atoms with Gasteiger partial charge < -0.3 is 19.6 Å². The summed E-state index contributed by atoms with van der Waals surface area (Å²) >= 11 is 0. The number of aliphatic hydroxyl groups excluding tert-OH is 1. The van der Waals surface area contributed by atoms with Crippen LogP contribution in [0.2, 0.25) is 0 Å². The second-order valence-electron chi connectivity index (χ2n) is 10.6. The topological polar surface area (TPSA) is 130 Å². The van der Waals surface area contributed by atoms with Gasteiger partial charge in [0.15, 0.2) is 11.5 Å². The first kappa shape index (κ1) is 31.1. The lowest BCUT2D eigenvalue weighted by atomic mass is 9.94. The molecule has 1 aromatic carbocycles. The zero-order chi connectivity index (χ0) is 31.8. The Kier molecular flexibility index (Phi) is 8.49. The van der Waals surface area contributed by atoms with Gasteiger partial charge in [0, 0.05) is 30.8 Å². The van der Waals surface area contributed by atoms with Gasteiger partial charge in [-0.2, -0.15) is 36.4 Å². The lowest BCUT2D eigenvalue weighted by Crippen LogP contribution is -2.38. The van der Waals surface area contributed by atoms with Crippen LogP contribution in [0.3, 0.4) is 0 Å². The fourth-order valence-corrected chi connectivity index (χ4v) is 5.26. The predicted molar refractivity (Wildman–Crippen MR) is 141 cm³/mol. The van der Waals surface area contributed by atoms with E-state index in [4.69, 9.17) is 9.63 Å². The van der Waals surface area contributed by atoms with Crippen LogP contribution in [0.4, 0.5) is 26.3 Å². The van der Waals surface area contributed by atoms with Crippen molar-refractivity contribution in [3.8, 4) is 28.7 Å². The van der Waals surface area contributed by atoms with Crippen molar-refractivity contribution in [1.29, 1.82) is 0 Å². The van der Waals surface area contributed by atoms with E-state index in [-0.39, 0.29) is 28.5 Å². The largest absolute Gasteiger partial charge is 0.481 e. The van der Waals surface area contributed by atoms with Crippen LogP contribution in [-0.4, -0.2) is 65.6 Å². The van der Waals surface area contributed by atoms with Gasteiger partial charge in [0.1, 0.15) is 0 Å². The van der Waals surface area contributed by atoms with Crippen LogP contribution >= 0.6 is 0 Å². The number of hydrogen-bond donors (Lipinski definition) is 2. The van der Waals surface area contributed by atoms with Crippen molar-refractivity contribution in [2.75, 3.05) is 19.6 Å². The molecule has 234 valence electrons. The standard InChI is InChI=1S/C28H26F6N6O4/c1-15-9-19(27(29,30)31)11-22(36-15)40-24(28(32,33)34)20(12-35-40)26-37-25(38-44-26)18-6-4-17(5-7-18)21(41)14-39-8-2-3-16(13-39)10-23(42)43/h4-7,9,11-12,16,21,41H,2-3,8,10,13-14H2,1H3,(H,42,43)/t16-,21+/m1/s1. The molecular formula is C28H26F6N6O4. The number of aliphatic hydroxyl groups is 1. The Labute approximate surface area is 245 Å². The Morgan fingerprint density at radius 3 is 2.48 bits per heavy atom. The summed E-state index contributed by atoms with van der Waals surface area (Å²) in [6.07, 6.45) is -8.30. The number of likely N-dealkylation sites (tertiary alicyclic amines) is 1. The van der Waals surface area contributed by atoms with E-state index in [2.05, 4.69) is 20.2 Å². The molecule has 10 nitrogen and oxygen atoms in total. The van der Waals surface area contributed by atoms with Gasteiger partial charge in [0.2, 0.25) is 5.82 Å². The number of aryl methyl sites for hydroxylation is 1. The minimum absolute atomic E-state index is 0.0127. The number of alkyl halides is 6. The Hall–Kier alpha value is -4.31. The summed E-state index contributed by atoms with van der Waals surface area (Å²) < 4.78 is 87.9. The van der Waals surface area contributed by atoms with Crippen LogP contribution in [-0.2, 0) is 17.1 Å². The molecule has 0 saturated carbocycles. The summed E-state index contributed by atoms with van der Waals surface area (Å²) in [6.45, 7) is 2.81. The van der Waals surface area contributed by atoms with E-state index in [0.29, 0.717) is 36.3 Å². The van der Waals surface area contributed by atoms with Crippen LogP contribution < -0.4 is 0 Å². The predicted octanol–water partition coefficient (Wildman–Crippen LogP) is 5.55. The number of nitrogens with zero attached hydrogens (tertiary/aromatic N) is 6. The first-order valence-corrected chi connectivity index (χ1v) is 13.5. The molecule has 4 heterocycles. The number of aliphatic carboxylic acids is 1. The minimum Gasteiger partial charge on any atom is -0.481 e. The van der Waals surface area contributed by atoms with Crippen LogP contribution in [0.1, 0.15) is 47.9 Å². The summed E-state index contributed by atoms with van der Waals surface area (Å²) in [5.41, 5.74) is -2.51. The molecule has 0 unspecified atom stereocenters. The Morgan fingerprint density at radius 2 is 1.82 bits per heavy atom. The zero-order valence-corrected chi connectivity index (χ0v) is 23.1. The highest BCUT2D eigenvalue weighted by Gasteiger charge is 2.41. The van der Waals surface area contributed by atoms with Crippen molar-refractivity contribution >= 4 is 5.97 Å². The lowest BCUT2D eigenvalue weighted by Gasteiger charge is -2.33. The monoisotopic (exact) mass is 624 g/mol. The van der Waals surface area contributed by atoms with Gasteiger partial charge in [-0.25, -0.2) is 9.67 Å². The highest BCUT2D eigenvalue weighted by molar-refractivity contribution is 5.67. The minimum atomic E-state index is -5.08. The van der Waals surface area contributed by atoms with Gasteiger partial charge in [-0.1, -0.05) is 29.4 Å². The van der Waals surface area contributed by atoms with Crippen LogP contribution in [0.15, 0.2) is 47.1 Å². The first-order chi connectivity index (χ1) is 20.7. The number of carbonyl (C=O) groups is 1. The molecule has 5 rings (SSSR count). The molecule has 3 aromatic heterocycles. The molecule has 1 saturated heterocycles. The maximum absolute atomic E-state index is 14.2. The molecule has 0 spiro atoms. The Morgan fingerprint density at radius 1 is 1.09 bits per heavy atom. The van der Waals surface area contributed by atoms with Gasteiger partial charge in [-0.3, -0.25) is 4.79 Å². The first-order valence-electron chi connectivity index (χ1n) is 13.5. The second kappa shape index (κ2) is 12.0. The van der Waals surface area contributed by atoms with E-state index in [1.807, 2.05) is 4.90 Å². The van der Waals surface area contributed by atoms with Gasteiger partial charge in [0.25, 0.3) is 5.89 Å². The number of halogens is 6. The molecule has 2 N–H and O–H groups in total. The smallest absolute Gasteiger partial charge is 0.434 e. The third-order valence-electron chi connectivity index (χ3n) is 7.23. The number of β-amino-alcohol motifs (C(OH)–C–C–N with tert-alkyl or cyclic N) is 1. The summed E-state index contributed by atoms with van der Waals surface area (Å²) in [5.74, 6) is -2.16. The van der Waals surface area contributed by atoms with E-state index >= 15 is 0 Å². The van der Waals surface area contributed by atoms with E-state index in [0.717, 1.165) is 25.6 Å². The molecule has 44 heavy (non-hydrogen) atoms. The molecule has 16 heteroatoms. The summed E-state index contributed by atoms with van der Waals surface area (Å²) in [7, 11) is 0. The number of piperidine rings is 1. The van der Waals surface area contributed by atoms with Gasteiger partial charge >= 0.3 is 18.3 Å². The third kappa shape index (κ3) is 6.91. The Bertz CT molecular complexity index is 1630. The average molecular weight is 625 g/mol. The van der Waals surface area contributed by atoms with E-state index in [1.54, 1.807) is 24.3 Å². The number of pyridine rings is 1. The van der Waals surface area contributed by atoms with Gasteiger partial charge in [-0.05, 0) is 49.9 Å². The van der Waals surface area contributed by atoms with Crippen LogP contribution in [0.25, 0.3) is 28.7 Å². The molecule has 4 aromatic rings. The maximum atomic E-state index is 14.2. The molecule has 0 bridgehead atoms. The summed E-state index contributed by atoms with van der Waals surface area (Å²) in [6, 6.07) is 7.50. The SMILES string of the molecule is Cc1cc(C(F)(F)F)cc(-n2ncc(-c3nc(-c4ccc([C@@H](O)CN5CCC[C@H](CC(=O)O)C5)cc4)no3)c2C(F)(F)F)n1.